The van der Waals surface area contributed by atoms with Gasteiger partial charge in [0.05, 0.1) is 30.9 Å². The lowest BCUT2D eigenvalue weighted by Gasteiger charge is -2.30. The second kappa shape index (κ2) is 10.8. The van der Waals surface area contributed by atoms with E-state index in [1.807, 2.05) is 0 Å². The summed E-state index contributed by atoms with van der Waals surface area (Å²) in [5.74, 6) is -1.88. The molecule has 12 nitrogen and oxygen atoms in total. The highest BCUT2D eigenvalue weighted by atomic mass is 32.2. The summed E-state index contributed by atoms with van der Waals surface area (Å²) in [5.41, 5.74) is 5.29. The second-order valence-corrected chi connectivity index (χ2v) is 12.7. The molecular formula is C27H26F4N8O4S. The average molecular weight is 635 g/mol. The third-order valence-electron chi connectivity index (χ3n) is 7.78. The van der Waals surface area contributed by atoms with E-state index in [0.29, 0.717) is 24.9 Å². The first-order valence-electron chi connectivity index (χ1n) is 13.3. The molecule has 3 N–H and O–H groups in total. The van der Waals surface area contributed by atoms with Crippen LogP contribution >= 0.6 is 0 Å². The monoisotopic (exact) mass is 634 g/mol. The van der Waals surface area contributed by atoms with E-state index in [-0.39, 0.29) is 46.5 Å². The van der Waals surface area contributed by atoms with Crippen molar-refractivity contribution < 1.29 is 35.5 Å². The van der Waals surface area contributed by atoms with E-state index >= 15 is 4.39 Å². The number of amides is 1. The molecule has 0 spiro atoms. The number of carbonyl (C=O) groups is 1. The third kappa shape index (κ3) is 5.04. The highest BCUT2D eigenvalue weighted by Crippen LogP contribution is 2.46. The van der Waals surface area contributed by atoms with Crippen molar-refractivity contribution in [3.8, 4) is 11.3 Å². The number of fused-ring (bicyclic) bond motifs is 2. The molecule has 44 heavy (non-hydrogen) atoms. The van der Waals surface area contributed by atoms with Gasteiger partial charge in [-0.1, -0.05) is 0 Å². The SMILES string of the molecule is CN(C)S(=O)(=O)N1[C@@H]2COCC2C[C@H]1c1nc(-c2ccc(C(=O)Nc3cc(C(F)(F)F)ccn3)cc2F)c2c(N)nccn12. The van der Waals surface area contributed by atoms with E-state index in [1.165, 1.54) is 36.7 Å². The first kappa shape index (κ1) is 29.9. The first-order chi connectivity index (χ1) is 20.8. The topological polar surface area (TPSA) is 148 Å². The van der Waals surface area contributed by atoms with Crippen LogP contribution < -0.4 is 11.1 Å². The van der Waals surface area contributed by atoms with E-state index in [0.717, 1.165) is 22.6 Å². The molecule has 232 valence electrons. The molecule has 0 saturated carbocycles. The molecule has 1 aromatic carbocycles. The number of nitrogens with one attached hydrogen (secondary N) is 1. The molecule has 17 heteroatoms. The molecule has 1 unspecified atom stereocenters. The zero-order valence-electron chi connectivity index (χ0n) is 23.3. The van der Waals surface area contributed by atoms with Gasteiger partial charge in [-0.15, -0.1) is 0 Å². The van der Waals surface area contributed by atoms with Crippen LogP contribution in [0.1, 0.15) is 34.2 Å². The van der Waals surface area contributed by atoms with Crippen LogP contribution in [0.5, 0.6) is 0 Å². The maximum Gasteiger partial charge on any atom is 0.416 e. The summed E-state index contributed by atoms with van der Waals surface area (Å²) in [6.07, 6.45) is -0.351. The number of hydrogen-bond acceptors (Lipinski definition) is 8. The van der Waals surface area contributed by atoms with Crippen molar-refractivity contribution in [3.05, 3.63) is 71.7 Å². The predicted molar refractivity (Wildman–Crippen MR) is 150 cm³/mol. The Kier molecular flexibility index (Phi) is 7.30. The fourth-order valence-electron chi connectivity index (χ4n) is 5.68. The third-order valence-corrected chi connectivity index (χ3v) is 9.76. The number of alkyl halides is 3. The largest absolute Gasteiger partial charge is 0.416 e. The Morgan fingerprint density at radius 3 is 2.61 bits per heavy atom. The van der Waals surface area contributed by atoms with Crippen molar-refractivity contribution in [1.82, 2.24) is 28.0 Å². The molecular weight excluding hydrogens is 608 g/mol. The van der Waals surface area contributed by atoms with Crippen LogP contribution in [0, 0.1) is 11.7 Å². The molecule has 0 aliphatic carbocycles. The van der Waals surface area contributed by atoms with Gasteiger partial charge in [0.1, 0.15) is 34.5 Å². The van der Waals surface area contributed by atoms with Crippen molar-refractivity contribution in [1.29, 1.82) is 0 Å². The van der Waals surface area contributed by atoms with Gasteiger partial charge in [0.15, 0.2) is 0 Å². The number of hydrogen-bond donors (Lipinski definition) is 2. The summed E-state index contributed by atoms with van der Waals surface area (Å²) in [4.78, 5) is 25.3. The Morgan fingerprint density at radius 2 is 1.91 bits per heavy atom. The normalized spacial score (nSPS) is 20.8. The molecule has 5 heterocycles. The number of aromatic nitrogens is 4. The standard InChI is InChI=1S/C27H26F4N8O4S/c1-37(2)44(41,42)39-19(10-15-12-43-13-20(15)39)25-36-22(23-24(32)34-7-8-38(23)25)17-4-3-14(9-18(17)28)26(40)35-21-11-16(5-6-33-21)27(29,30)31/h3-9,11,15,19-20H,10,12-13H2,1-2H3,(H2,32,34)(H,33,35,40)/t15?,19-,20+/m0/s1. The van der Waals surface area contributed by atoms with Gasteiger partial charge < -0.3 is 15.8 Å². The fourth-order valence-corrected chi connectivity index (χ4v) is 7.13. The van der Waals surface area contributed by atoms with E-state index in [1.54, 1.807) is 10.6 Å². The van der Waals surface area contributed by atoms with E-state index in [2.05, 4.69) is 15.3 Å². The van der Waals surface area contributed by atoms with Gasteiger partial charge in [-0.25, -0.2) is 19.3 Å². The molecule has 2 fully saturated rings. The Balaban J connectivity index is 1.38. The average Bonchev–Trinajstić information content (AvgIpc) is 3.66. The number of nitrogens with zero attached hydrogens (tertiary/aromatic N) is 6. The summed E-state index contributed by atoms with van der Waals surface area (Å²) in [5, 5.41) is 2.24. The minimum absolute atomic E-state index is 0.0154. The van der Waals surface area contributed by atoms with Crippen molar-refractivity contribution in [3.63, 3.8) is 0 Å². The number of anilines is 2. The number of carbonyl (C=O) groups excluding carboxylic acids is 1. The van der Waals surface area contributed by atoms with Crippen molar-refractivity contribution in [2.45, 2.75) is 24.7 Å². The van der Waals surface area contributed by atoms with Crippen LogP contribution in [0.3, 0.4) is 0 Å². The number of ether oxygens (including phenoxy) is 1. The number of nitrogens with two attached hydrogens (primary N) is 1. The Bertz CT molecular complexity index is 1880. The van der Waals surface area contributed by atoms with E-state index in [9.17, 15) is 26.4 Å². The van der Waals surface area contributed by atoms with Crippen LogP contribution in [0.15, 0.2) is 48.9 Å². The summed E-state index contributed by atoms with van der Waals surface area (Å²) < 4.78 is 91.4. The molecule has 0 radical (unpaired) electrons. The highest BCUT2D eigenvalue weighted by molar-refractivity contribution is 7.86. The van der Waals surface area contributed by atoms with Crippen LogP contribution in [0.4, 0.5) is 29.2 Å². The molecule has 1 amide bonds. The number of nitrogen functional groups attached to an aromatic ring is 1. The Morgan fingerprint density at radius 1 is 1.14 bits per heavy atom. The smallest absolute Gasteiger partial charge is 0.382 e. The number of imidazole rings is 1. The number of pyridine rings is 1. The maximum absolute atomic E-state index is 15.7. The van der Waals surface area contributed by atoms with Gasteiger partial charge in [0.2, 0.25) is 0 Å². The molecule has 4 aromatic rings. The number of rotatable bonds is 6. The van der Waals surface area contributed by atoms with Crippen molar-refractivity contribution in [2.75, 3.05) is 38.4 Å². The van der Waals surface area contributed by atoms with Crippen LogP contribution in [0.25, 0.3) is 16.8 Å². The summed E-state index contributed by atoms with van der Waals surface area (Å²) in [7, 11) is -1.06. The molecule has 6 rings (SSSR count). The summed E-state index contributed by atoms with van der Waals surface area (Å²) in [6.45, 7) is 0.608. The predicted octanol–water partition coefficient (Wildman–Crippen LogP) is 3.35. The zero-order valence-corrected chi connectivity index (χ0v) is 24.1. The van der Waals surface area contributed by atoms with Gasteiger partial charge in [-0.3, -0.25) is 9.20 Å². The van der Waals surface area contributed by atoms with Crippen LogP contribution in [-0.4, -0.2) is 75.6 Å². The maximum atomic E-state index is 15.7. The van der Waals surface area contributed by atoms with Gasteiger partial charge in [0.25, 0.3) is 16.1 Å². The molecule has 0 bridgehead atoms. The summed E-state index contributed by atoms with van der Waals surface area (Å²) >= 11 is 0. The number of benzene rings is 1. The van der Waals surface area contributed by atoms with E-state index in [4.69, 9.17) is 15.5 Å². The van der Waals surface area contributed by atoms with Crippen molar-refractivity contribution >= 4 is 33.3 Å². The molecule has 3 atom stereocenters. The molecule has 2 aliphatic rings. The fraction of sp³-hybridized carbons (Fsp3) is 0.333. The first-order valence-corrected chi connectivity index (χ1v) is 14.7. The van der Waals surface area contributed by atoms with Gasteiger partial charge >= 0.3 is 6.18 Å². The van der Waals surface area contributed by atoms with Gasteiger partial charge in [0, 0.05) is 49.7 Å². The van der Waals surface area contributed by atoms with Crippen LogP contribution in [0.2, 0.25) is 0 Å². The highest BCUT2D eigenvalue weighted by Gasteiger charge is 2.52. The van der Waals surface area contributed by atoms with Gasteiger partial charge in [-0.2, -0.15) is 30.2 Å². The Hall–Kier alpha value is -4.19. The quantitative estimate of drug-likeness (QED) is 0.307. The zero-order chi connectivity index (χ0) is 31.6. The lowest BCUT2D eigenvalue weighted by molar-refractivity contribution is -0.137. The van der Waals surface area contributed by atoms with Gasteiger partial charge in [-0.05, 0) is 36.8 Å². The minimum atomic E-state index is -4.64. The summed E-state index contributed by atoms with van der Waals surface area (Å²) in [6, 6.07) is 3.76. The molecule has 2 aliphatic heterocycles. The minimum Gasteiger partial charge on any atom is -0.382 e. The number of halogens is 4. The Labute approximate surface area is 248 Å². The lowest BCUT2D eigenvalue weighted by Crippen LogP contribution is -2.45. The lowest BCUT2D eigenvalue weighted by atomic mass is 10.0. The molecule has 2 saturated heterocycles. The van der Waals surface area contributed by atoms with Crippen LogP contribution in [-0.2, 0) is 21.1 Å². The molecule has 3 aromatic heterocycles. The van der Waals surface area contributed by atoms with Crippen molar-refractivity contribution in [2.24, 2.45) is 5.92 Å². The second-order valence-electron chi connectivity index (χ2n) is 10.7. The van der Waals surface area contributed by atoms with E-state index < -0.39 is 45.8 Å².